The Morgan fingerprint density at radius 3 is 2.70 bits per heavy atom. The molecule has 20 heavy (non-hydrogen) atoms. The summed E-state index contributed by atoms with van der Waals surface area (Å²) in [5, 5.41) is 20.7. The van der Waals surface area contributed by atoms with Crippen molar-refractivity contribution in [2.45, 2.75) is 31.7 Å². The predicted octanol–water partition coefficient (Wildman–Crippen LogP) is 1.14. The number of carbonyl (C=O) groups excluding carboxylic acids is 1. The van der Waals surface area contributed by atoms with Crippen LogP contribution >= 0.6 is 0 Å². The summed E-state index contributed by atoms with van der Waals surface area (Å²) in [4.78, 5) is 13.2. The molecule has 1 fully saturated rings. The van der Waals surface area contributed by atoms with Gasteiger partial charge in [0.25, 0.3) is 5.91 Å². The van der Waals surface area contributed by atoms with E-state index in [0.717, 1.165) is 12.8 Å². The number of nitrogens with zero attached hydrogens (tertiary/aromatic N) is 3. The summed E-state index contributed by atoms with van der Waals surface area (Å²) < 4.78 is 0. The van der Waals surface area contributed by atoms with Gasteiger partial charge in [-0.1, -0.05) is 12.8 Å². The highest BCUT2D eigenvalue weighted by Gasteiger charge is 2.24. The van der Waals surface area contributed by atoms with E-state index in [2.05, 4.69) is 15.5 Å². The Hall–Kier alpha value is -1.69. The van der Waals surface area contributed by atoms with Crippen molar-refractivity contribution in [3.8, 4) is 0 Å². The quantitative estimate of drug-likeness (QED) is 0.863. The van der Waals surface area contributed by atoms with Crippen LogP contribution in [0.1, 0.15) is 36.2 Å². The Labute approximate surface area is 119 Å². The van der Waals surface area contributed by atoms with Crippen molar-refractivity contribution in [2.75, 3.05) is 26.0 Å². The number of aliphatic hydroxyl groups excluding tert-OH is 1. The van der Waals surface area contributed by atoms with Crippen molar-refractivity contribution in [1.29, 1.82) is 0 Å². The van der Waals surface area contributed by atoms with E-state index in [4.69, 9.17) is 0 Å². The van der Waals surface area contributed by atoms with Crippen LogP contribution in [-0.2, 0) is 0 Å². The smallest absolute Gasteiger partial charge is 0.273 e. The molecule has 1 heterocycles. The summed E-state index contributed by atoms with van der Waals surface area (Å²) in [6.07, 6.45) is 4.41. The van der Waals surface area contributed by atoms with Crippen molar-refractivity contribution in [2.24, 2.45) is 5.92 Å². The van der Waals surface area contributed by atoms with E-state index in [9.17, 15) is 9.90 Å². The third kappa shape index (κ3) is 3.45. The first-order valence-corrected chi connectivity index (χ1v) is 7.04. The predicted molar refractivity (Wildman–Crippen MR) is 76.5 cm³/mol. The number of aromatic nitrogens is 2. The average molecular weight is 278 g/mol. The Balaban J connectivity index is 2.01. The minimum Gasteiger partial charge on any atom is -0.396 e. The molecule has 2 N–H and O–H groups in total. The van der Waals surface area contributed by atoms with Gasteiger partial charge in [0.15, 0.2) is 5.69 Å². The van der Waals surface area contributed by atoms with Crippen LogP contribution in [-0.4, -0.2) is 52.9 Å². The number of amides is 1. The van der Waals surface area contributed by atoms with Crippen LogP contribution in [0.2, 0.25) is 0 Å². The van der Waals surface area contributed by atoms with E-state index < -0.39 is 0 Å². The molecule has 0 bridgehead atoms. The van der Waals surface area contributed by atoms with Gasteiger partial charge in [-0.3, -0.25) is 4.79 Å². The fraction of sp³-hybridized carbons (Fsp3) is 0.643. The molecule has 1 aliphatic carbocycles. The zero-order valence-corrected chi connectivity index (χ0v) is 12.0. The number of aliphatic hydroxyl groups is 1. The molecule has 6 nitrogen and oxygen atoms in total. The summed E-state index contributed by atoms with van der Waals surface area (Å²) in [5.74, 6) is 0.772. The lowest BCUT2D eigenvalue weighted by Gasteiger charge is -2.31. The van der Waals surface area contributed by atoms with Gasteiger partial charge in [-0.05, 0) is 25.0 Å². The summed E-state index contributed by atoms with van der Waals surface area (Å²) in [7, 11) is 3.37. The van der Waals surface area contributed by atoms with Crippen LogP contribution in [0.15, 0.2) is 12.1 Å². The third-order valence-corrected chi connectivity index (χ3v) is 3.77. The number of carbonyl (C=O) groups is 1. The van der Waals surface area contributed by atoms with Crippen LogP contribution in [0.25, 0.3) is 0 Å². The van der Waals surface area contributed by atoms with Crippen LogP contribution < -0.4 is 5.32 Å². The molecule has 1 aromatic rings. The molecule has 0 saturated heterocycles. The summed E-state index contributed by atoms with van der Waals surface area (Å²) in [6, 6.07) is 3.68. The molecule has 1 aromatic heterocycles. The first-order chi connectivity index (χ1) is 9.61. The highest BCUT2D eigenvalue weighted by Crippen LogP contribution is 2.26. The second kappa shape index (κ2) is 6.65. The second-order valence-electron chi connectivity index (χ2n) is 5.48. The Kier molecular flexibility index (Phi) is 4.89. The number of hydrogen-bond acceptors (Lipinski definition) is 5. The highest BCUT2D eigenvalue weighted by molar-refractivity contribution is 5.91. The van der Waals surface area contributed by atoms with Crippen LogP contribution in [0.3, 0.4) is 0 Å². The van der Waals surface area contributed by atoms with E-state index >= 15 is 0 Å². The first kappa shape index (κ1) is 14.7. The van der Waals surface area contributed by atoms with Crippen molar-refractivity contribution < 1.29 is 9.90 Å². The lowest BCUT2D eigenvalue weighted by atomic mass is 9.85. The van der Waals surface area contributed by atoms with Gasteiger partial charge in [0.1, 0.15) is 5.82 Å². The van der Waals surface area contributed by atoms with Crippen molar-refractivity contribution >= 4 is 11.7 Å². The summed E-state index contributed by atoms with van der Waals surface area (Å²) in [6.45, 7) is 0.197. The monoisotopic (exact) mass is 278 g/mol. The lowest BCUT2D eigenvalue weighted by Crippen LogP contribution is -2.34. The molecular formula is C14H22N4O2. The molecule has 1 saturated carbocycles. The van der Waals surface area contributed by atoms with Gasteiger partial charge in [0, 0.05) is 32.7 Å². The van der Waals surface area contributed by atoms with Crippen molar-refractivity contribution in [3.05, 3.63) is 17.8 Å². The Morgan fingerprint density at radius 1 is 1.35 bits per heavy atom. The van der Waals surface area contributed by atoms with E-state index in [-0.39, 0.29) is 24.5 Å². The molecule has 0 aliphatic heterocycles. The molecule has 0 aromatic carbocycles. The SMILES string of the molecule is CN(C)C(=O)c1ccc(NC2CCCCC2CO)nn1. The number of rotatable bonds is 4. The molecule has 0 spiro atoms. The van der Waals surface area contributed by atoms with E-state index in [1.54, 1.807) is 26.2 Å². The summed E-state index contributed by atoms with van der Waals surface area (Å²) in [5.41, 5.74) is 0.336. The van der Waals surface area contributed by atoms with Gasteiger partial charge in [-0.2, -0.15) is 0 Å². The fourth-order valence-electron chi connectivity index (χ4n) is 2.56. The molecule has 1 amide bonds. The van der Waals surface area contributed by atoms with Crippen LogP contribution in [0.4, 0.5) is 5.82 Å². The maximum Gasteiger partial charge on any atom is 0.273 e. The second-order valence-corrected chi connectivity index (χ2v) is 5.48. The van der Waals surface area contributed by atoms with Gasteiger partial charge in [-0.15, -0.1) is 10.2 Å². The highest BCUT2D eigenvalue weighted by atomic mass is 16.3. The largest absolute Gasteiger partial charge is 0.396 e. The Bertz CT molecular complexity index is 447. The lowest BCUT2D eigenvalue weighted by molar-refractivity contribution is 0.0821. The van der Waals surface area contributed by atoms with Gasteiger partial charge >= 0.3 is 0 Å². The standard InChI is InChI=1S/C14H22N4O2/c1-18(2)14(20)12-7-8-13(17-16-12)15-11-6-4-3-5-10(11)9-19/h7-8,10-11,19H,3-6,9H2,1-2H3,(H,15,17). The van der Waals surface area contributed by atoms with Crippen molar-refractivity contribution in [1.82, 2.24) is 15.1 Å². The van der Waals surface area contributed by atoms with E-state index in [1.165, 1.54) is 17.7 Å². The topological polar surface area (TPSA) is 78.4 Å². The molecule has 6 heteroatoms. The third-order valence-electron chi connectivity index (χ3n) is 3.77. The Morgan fingerprint density at radius 2 is 2.10 bits per heavy atom. The minimum absolute atomic E-state index is 0.157. The normalized spacial score (nSPS) is 22.4. The minimum atomic E-state index is -0.157. The van der Waals surface area contributed by atoms with Gasteiger partial charge in [-0.25, -0.2) is 0 Å². The fourth-order valence-corrected chi connectivity index (χ4v) is 2.56. The zero-order chi connectivity index (χ0) is 14.5. The number of hydrogen-bond donors (Lipinski definition) is 2. The maximum absolute atomic E-state index is 11.7. The average Bonchev–Trinajstić information content (AvgIpc) is 2.48. The molecular weight excluding hydrogens is 256 g/mol. The van der Waals surface area contributed by atoms with Gasteiger partial charge < -0.3 is 15.3 Å². The zero-order valence-electron chi connectivity index (χ0n) is 12.0. The molecule has 110 valence electrons. The molecule has 1 aliphatic rings. The summed E-state index contributed by atoms with van der Waals surface area (Å²) >= 11 is 0. The number of anilines is 1. The van der Waals surface area contributed by atoms with Gasteiger partial charge in [0.05, 0.1) is 0 Å². The molecule has 2 unspecified atom stereocenters. The maximum atomic E-state index is 11.7. The number of nitrogens with one attached hydrogen (secondary N) is 1. The van der Waals surface area contributed by atoms with Crippen molar-refractivity contribution in [3.63, 3.8) is 0 Å². The first-order valence-electron chi connectivity index (χ1n) is 7.04. The van der Waals surface area contributed by atoms with Gasteiger partial charge in [0.2, 0.25) is 0 Å². The van der Waals surface area contributed by atoms with E-state index in [0.29, 0.717) is 11.5 Å². The van der Waals surface area contributed by atoms with Crippen LogP contribution in [0.5, 0.6) is 0 Å². The van der Waals surface area contributed by atoms with Crippen LogP contribution in [0, 0.1) is 5.92 Å². The van der Waals surface area contributed by atoms with E-state index in [1.807, 2.05) is 0 Å². The molecule has 2 rings (SSSR count). The molecule has 0 radical (unpaired) electrons. The molecule has 2 atom stereocenters.